The summed E-state index contributed by atoms with van der Waals surface area (Å²) in [6, 6.07) is 10.2. The third-order valence-corrected chi connectivity index (χ3v) is 4.89. The Morgan fingerprint density at radius 3 is 2.88 bits per heavy atom. The predicted octanol–water partition coefficient (Wildman–Crippen LogP) is 2.94. The Balaban J connectivity index is 1.53. The molecule has 0 radical (unpaired) electrons. The zero-order valence-electron chi connectivity index (χ0n) is 15.8. The van der Waals surface area contributed by atoms with Crippen LogP contribution in [-0.2, 0) is 13.1 Å². The summed E-state index contributed by atoms with van der Waals surface area (Å²) in [4.78, 5) is 16.5. The molecule has 1 aromatic carbocycles. The minimum absolute atomic E-state index is 0.0267. The molecule has 0 spiro atoms. The number of benzene rings is 1. The maximum atomic E-state index is 12.5. The van der Waals surface area contributed by atoms with Crippen LogP contribution in [-0.4, -0.2) is 48.8 Å². The highest BCUT2D eigenvalue weighted by atomic mass is 16.5. The lowest BCUT2D eigenvalue weighted by Crippen LogP contribution is -2.43. The van der Waals surface area contributed by atoms with E-state index in [1.54, 1.807) is 12.0 Å². The molecule has 1 atom stereocenters. The van der Waals surface area contributed by atoms with Gasteiger partial charge in [0.15, 0.2) is 0 Å². The summed E-state index contributed by atoms with van der Waals surface area (Å²) in [5.74, 6) is 0.872. The first-order valence-corrected chi connectivity index (χ1v) is 9.15. The molecule has 1 saturated heterocycles. The summed E-state index contributed by atoms with van der Waals surface area (Å²) in [5.41, 5.74) is 2.23. The zero-order chi connectivity index (χ0) is 18.5. The molecule has 140 valence electrons. The van der Waals surface area contributed by atoms with E-state index in [9.17, 15) is 4.79 Å². The molecule has 0 saturated carbocycles. The number of methoxy groups -OCH3 is 1. The van der Waals surface area contributed by atoms with Gasteiger partial charge in [-0.25, -0.2) is 4.79 Å². The van der Waals surface area contributed by atoms with Crippen molar-refractivity contribution >= 4 is 11.7 Å². The van der Waals surface area contributed by atoms with Crippen molar-refractivity contribution in [1.82, 2.24) is 14.8 Å². The van der Waals surface area contributed by atoms with Crippen molar-refractivity contribution in [2.75, 3.05) is 32.1 Å². The van der Waals surface area contributed by atoms with Crippen LogP contribution < -0.4 is 15.0 Å². The van der Waals surface area contributed by atoms with Crippen molar-refractivity contribution in [3.63, 3.8) is 0 Å². The van der Waals surface area contributed by atoms with Gasteiger partial charge in [-0.15, -0.1) is 0 Å². The molecule has 2 aromatic rings. The van der Waals surface area contributed by atoms with E-state index >= 15 is 0 Å². The first-order valence-electron chi connectivity index (χ1n) is 9.15. The van der Waals surface area contributed by atoms with Crippen LogP contribution in [0.5, 0.6) is 5.75 Å². The average molecular weight is 356 g/mol. The number of nitrogens with one attached hydrogen (secondary N) is 1. The number of hydrogen-bond acceptors (Lipinski definition) is 3. The second-order valence-corrected chi connectivity index (χ2v) is 6.76. The van der Waals surface area contributed by atoms with Crippen LogP contribution in [0.3, 0.4) is 0 Å². The van der Waals surface area contributed by atoms with E-state index in [1.807, 2.05) is 31.4 Å². The van der Waals surface area contributed by atoms with Gasteiger partial charge >= 0.3 is 6.03 Å². The first-order chi connectivity index (χ1) is 12.6. The number of rotatable bonds is 6. The molecule has 26 heavy (non-hydrogen) atoms. The van der Waals surface area contributed by atoms with Crippen molar-refractivity contribution in [2.24, 2.45) is 0 Å². The number of aryl methyl sites for hydroxylation is 1. The lowest BCUT2D eigenvalue weighted by atomic mass is 10.2. The van der Waals surface area contributed by atoms with Gasteiger partial charge in [0.2, 0.25) is 0 Å². The van der Waals surface area contributed by atoms with Crippen molar-refractivity contribution in [1.29, 1.82) is 0 Å². The number of carbonyl (C=O) groups excluding carboxylic acids is 1. The standard InChI is InChI=1S/C20H28N4O2/c1-4-23-11-9-16(14-23)13-22(2)20(25)21-17-10-12-24(15-17)18-7-5-6-8-19(18)26-3/h5-9,11,14,17H,4,10,12-13,15H2,1-3H3,(H,21,25). The monoisotopic (exact) mass is 356 g/mol. The van der Waals surface area contributed by atoms with Gasteiger partial charge in [0, 0.05) is 51.7 Å². The largest absolute Gasteiger partial charge is 0.495 e. The van der Waals surface area contributed by atoms with Crippen LogP contribution in [0.1, 0.15) is 18.9 Å². The predicted molar refractivity (Wildman–Crippen MR) is 104 cm³/mol. The molecular formula is C20H28N4O2. The summed E-state index contributed by atoms with van der Waals surface area (Å²) in [7, 11) is 3.53. The quantitative estimate of drug-likeness (QED) is 0.866. The summed E-state index contributed by atoms with van der Waals surface area (Å²) in [6.07, 6.45) is 5.07. The molecule has 2 amide bonds. The lowest BCUT2D eigenvalue weighted by molar-refractivity contribution is 0.203. The van der Waals surface area contributed by atoms with Gasteiger partial charge in [0.05, 0.1) is 12.8 Å². The second kappa shape index (κ2) is 8.17. The SMILES string of the molecule is CCn1ccc(CN(C)C(=O)NC2CCN(c3ccccc3OC)C2)c1. The summed E-state index contributed by atoms with van der Waals surface area (Å²) >= 11 is 0. The van der Waals surface area contributed by atoms with E-state index in [4.69, 9.17) is 4.74 Å². The Kier molecular flexibility index (Phi) is 5.71. The Hall–Kier alpha value is -2.63. The Morgan fingerprint density at radius 2 is 2.15 bits per heavy atom. The highest BCUT2D eigenvalue weighted by molar-refractivity contribution is 5.74. The molecule has 1 fully saturated rings. The Labute approximate surface area is 155 Å². The van der Waals surface area contributed by atoms with Gasteiger partial charge in [0.1, 0.15) is 5.75 Å². The number of hydrogen-bond donors (Lipinski definition) is 1. The molecule has 6 heteroatoms. The molecule has 2 heterocycles. The van der Waals surface area contributed by atoms with E-state index in [-0.39, 0.29) is 12.1 Å². The van der Waals surface area contributed by atoms with E-state index in [1.165, 1.54) is 0 Å². The fourth-order valence-corrected chi connectivity index (χ4v) is 3.40. The van der Waals surface area contributed by atoms with Gasteiger partial charge in [-0.1, -0.05) is 12.1 Å². The topological polar surface area (TPSA) is 49.7 Å². The number of ether oxygens (including phenoxy) is 1. The number of carbonyl (C=O) groups is 1. The minimum atomic E-state index is -0.0267. The molecule has 3 rings (SSSR count). The van der Waals surface area contributed by atoms with Gasteiger partial charge < -0.3 is 24.4 Å². The van der Waals surface area contributed by atoms with Crippen LogP contribution in [0.15, 0.2) is 42.7 Å². The van der Waals surface area contributed by atoms with E-state index in [2.05, 4.69) is 40.0 Å². The van der Waals surface area contributed by atoms with E-state index < -0.39 is 0 Å². The fraction of sp³-hybridized carbons (Fsp3) is 0.450. The van der Waals surface area contributed by atoms with Gasteiger partial charge in [-0.2, -0.15) is 0 Å². The summed E-state index contributed by atoms with van der Waals surface area (Å²) in [6.45, 7) is 5.37. The van der Waals surface area contributed by atoms with E-state index in [0.717, 1.165) is 43.1 Å². The lowest BCUT2D eigenvalue weighted by Gasteiger charge is -2.23. The normalized spacial score (nSPS) is 16.6. The van der Waals surface area contributed by atoms with Gasteiger partial charge in [0.25, 0.3) is 0 Å². The van der Waals surface area contributed by atoms with E-state index in [0.29, 0.717) is 6.54 Å². The summed E-state index contributed by atoms with van der Waals surface area (Å²) in [5, 5.41) is 3.15. The number of amides is 2. The van der Waals surface area contributed by atoms with Crippen LogP contribution in [0.4, 0.5) is 10.5 Å². The number of urea groups is 1. The molecular weight excluding hydrogens is 328 g/mol. The molecule has 1 N–H and O–H groups in total. The van der Waals surface area contributed by atoms with Crippen molar-refractivity contribution < 1.29 is 9.53 Å². The molecule has 1 unspecified atom stereocenters. The first kappa shape index (κ1) is 18.2. The average Bonchev–Trinajstić information content (AvgIpc) is 3.31. The Morgan fingerprint density at radius 1 is 1.35 bits per heavy atom. The smallest absolute Gasteiger partial charge is 0.317 e. The second-order valence-electron chi connectivity index (χ2n) is 6.76. The highest BCUT2D eigenvalue weighted by Gasteiger charge is 2.26. The third kappa shape index (κ3) is 4.12. The van der Waals surface area contributed by atoms with Crippen LogP contribution in [0.25, 0.3) is 0 Å². The minimum Gasteiger partial charge on any atom is -0.495 e. The van der Waals surface area contributed by atoms with Crippen molar-refractivity contribution in [3.05, 3.63) is 48.3 Å². The summed E-state index contributed by atoms with van der Waals surface area (Å²) < 4.78 is 7.56. The molecule has 6 nitrogen and oxygen atoms in total. The molecule has 1 aromatic heterocycles. The number of para-hydroxylation sites is 2. The number of anilines is 1. The van der Waals surface area contributed by atoms with Crippen LogP contribution >= 0.6 is 0 Å². The van der Waals surface area contributed by atoms with Crippen molar-refractivity contribution in [3.8, 4) is 5.75 Å². The maximum Gasteiger partial charge on any atom is 0.317 e. The molecule has 1 aliphatic rings. The third-order valence-electron chi connectivity index (χ3n) is 4.89. The zero-order valence-corrected chi connectivity index (χ0v) is 15.8. The highest BCUT2D eigenvalue weighted by Crippen LogP contribution is 2.30. The van der Waals surface area contributed by atoms with Gasteiger partial charge in [-0.05, 0) is 37.1 Å². The molecule has 0 aliphatic carbocycles. The number of nitrogens with zero attached hydrogens (tertiary/aromatic N) is 3. The fourth-order valence-electron chi connectivity index (χ4n) is 3.40. The maximum absolute atomic E-state index is 12.5. The number of aromatic nitrogens is 1. The van der Waals surface area contributed by atoms with Gasteiger partial charge in [-0.3, -0.25) is 0 Å². The van der Waals surface area contributed by atoms with Crippen LogP contribution in [0.2, 0.25) is 0 Å². The molecule has 0 bridgehead atoms. The van der Waals surface area contributed by atoms with Crippen molar-refractivity contribution in [2.45, 2.75) is 32.5 Å². The van der Waals surface area contributed by atoms with Crippen LogP contribution in [0, 0.1) is 0 Å². The molecule has 1 aliphatic heterocycles. The Bertz CT molecular complexity index is 743.